The molecular formula is C9H13N3O. The van der Waals surface area contributed by atoms with Crippen molar-refractivity contribution in [3.05, 3.63) is 18.1 Å². The van der Waals surface area contributed by atoms with Crippen LogP contribution in [0.2, 0.25) is 0 Å². The number of nitrogens with zero attached hydrogens (tertiary/aromatic N) is 2. The summed E-state index contributed by atoms with van der Waals surface area (Å²) in [6.07, 6.45) is 2.06. The number of amides is 1. The van der Waals surface area contributed by atoms with Gasteiger partial charge in [0.25, 0.3) is 0 Å². The van der Waals surface area contributed by atoms with Crippen LogP contribution in [-0.4, -0.2) is 16.4 Å². The first-order valence-electron chi connectivity index (χ1n) is 4.07. The minimum absolute atomic E-state index is 0.0255. The zero-order valence-corrected chi connectivity index (χ0v) is 8.03. The van der Waals surface area contributed by atoms with Gasteiger partial charge >= 0.3 is 0 Å². The molecule has 70 valence electrons. The van der Waals surface area contributed by atoms with Crippen molar-refractivity contribution in [2.45, 2.75) is 26.2 Å². The minimum atomic E-state index is -0.0255. The van der Waals surface area contributed by atoms with Crippen molar-refractivity contribution in [2.75, 3.05) is 5.32 Å². The van der Waals surface area contributed by atoms with Gasteiger partial charge in [-0.15, -0.1) is 0 Å². The van der Waals surface area contributed by atoms with E-state index in [2.05, 4.69) is 36.1 Å². The summed E-state index contributed by atoms with van der Waals surface area (Å²) >= 11 is 0. The first kappa shape index (κ1) is 9.64. The van der Waals surface area contributed by atoms with Gasteiger partial charge in [-0.1, -0.05) is 20.8 Å². The fraction of sp³-hybridized carbons (Fsp3) is 0.444. The normalized spacial score (nSPS) is 11.0. The molecule has 1 rings (SSSR count). The highest BCUT2D eigenvalue weighted by Gasteiger charge is 2.15. The van der Waals surface area contributed by atoms with E-state index in [1.165, 1.54) is 6.33 Å². The van der Waals surface area contributed by atoms with Crippen LogP contribution in [0, 0.1) is 0 Å². The van der Waals surface area contributed by atoms with Gasteiger partial charge in [0.05, 0.1) is 5.69 Å². The van der Waals surface area contributed by atoms with Crippen LogP contribution in [0.25, 0.3) is 0 Å². The van der Waals surface area contributed by atoms with Crippen molar-refractivity contribution in [3.8, 4) is 0 Å². The molecule has 0 aliphatic rings. The fourth-order valence-electron chi connectivity index (χ4n) is 0.907. The van der Waals surface area contributed by atoms with Crippen molar-refractivity contribution in [1.82, 2.24) is 9.97 Å². The van der Waals surface area contributed by atoms with Crippen LogP contribution in [0.4, 0.5) is 5.82 Å². The molecule has 0 aromatic carbocycles. The highest BCUT2D eigenvalue weighted by Crippen LogP contribution is 2.20. The SMILES string of the molecule is CC(C)(C)c1cc(NC=O)ncn1. The molecule has 1 aromatic rings. The molecule has 0 atom stereocenters. The Kier molecular flexibility index (Phi) is 2.60. The van der Waals surface area contributed by atoms with Crippen molar-refractivity contribution in [3.63, 3.8) is 0 Å². The molecule has 1 amide bonds. The van der Waals surface area contributed by atoms with Gasteiger partial charge in [-0.2, -0.15) is 0 Å². The number of anilines is 1. The first-order chi connectivity index (χ1) is 6.04. The lowest BCUT2D eigenvalue weighted by Gasteiger charge is -2.17. The van der Waals surface area contributed by atoms with Crippen molar-refractivity contribution >= 4 is 12.2 Å². The third-order valence-electron chi connectivity index (χ3n) is 1.64. The topological polar surface area (TPSA) is 54.9 Å². The second-order valence-electron chi connectivity index (χ2n) is 3.80. The van der Waals surface area contributed by atoms with Crippen LogP contribution < -0.4 is 5.32 Å². The van der Waals surface area contributed by atoms with Gasteiger partial charge in [0.15, 0.2) is 0 Å². The maximum Gasteiger partial charge on any atom is 0.212 e. The summed E-state index contributed by atoms with van der Waals surface area (Å²) in [7, 11) is 0. The summed E-state index contributed by atoms with van der Waals surface area (Å²) in [5.74, 6) is 0.537. The Hall–Kier alpha value is -1.45. The second kappa shape index (κ2) is 3.51. The monoisotopic (exact) mass is 179 g/mol. The summed E-state index contributed by atoms with van der Waals surface area (Å²) in [4.78, 5) is 18.2. The second-order valence-corrected chi connectivity index (χ2v) is 3.80. The highest BCUT2D eigenvalue weighted by atomic mass is 16.1. The van der Waals surface area contributed by atoms with Gasteiger partial charge in [-0.25, -0.2) is 9.97 Å². The van der Waals surface area contributed by atoms with Crippen LogP contribution in [0.3, 0.4) is 0 Å². The number of carbonyl (C=O) groups is 1. The molecule has 13 heavy (non-hydrogen) atoms. The summed E-state index contributed by atoms with van der Waals surface area (Å²) in [5, 5.41) is 2.49. The smallest absolute Gasteiger partial charge is 0.212 e. The van der Waals surface area contributed by atoms with E-state index >= 15 is 0 Å². The standard InChI is InChI=1S/C9H13N3O/c1-9(2,3)7-4-8(12-6-13)11-5-10-7/h4-6H,1-3H3,(H,10,11,12,13). The van der Waals surface area contributed by atoms with Crippen LogP contribution in [-0.2, 0) is 10.2 Å². The molecule has 0 spiro atoms. The van der Waals surface area contributed by atoms with E-state index in [0.29, 0.717) is 12.2 Å². The Morgan fingerprint density at radius 2 is 2.08 bits per heavy atom. The number of nitrogens with one attached hydrogen (secondary N) is 1. The van der Waals surface area contributed by atoms with Gasteiger partial charge in [-0.05, 0) is 0 Å². The lowest BCUT2D eigenvalue weighted by atomic mass is 9.92. The van der Waals surface area contributed by atoms with E-state index in [9.17, 15) is 4.79 Å². The minimum Gasteiger partial charge on any atom is -0.313 e. The third kappa shape index (κ3) is 2.50. The molecule has 0 radical (unpaired) electrons. The van der Waals surface area contributed by atoms with E-state index in [4.69, 9.17) is 0 Å². The van der Waals surface area contributed by atoms with Gasteiger partial charge in [0.1, 0.15) is 12.1 Å². The number of rotatable bonds is 2. The fourth-order valence-corrected chi connectivity index (χ4v) is 0.907. The number of carbonyl (C=O) groups excluding carboxylic acids is 1. The molecule has 1 N–H and O–H groups in total. The Labute approximate surface area is 77.4 Å². The van der Waals surface area contributed by atoms with E-state index in [-0.39, 0.29) is 5.41 Å². The average Bonchev–Trinajstić information content (AvgIpc) is 2.04. The molecule has 4 heteroatoms. The van der Waals surface area contributed by atoms with Gasteiger partial charge in [0, 0.05) is 11.5 Å². The molecule has 1 aromatic heterocycles. The Morgan fingerprint density at radius 3 is 2.62 bits per heavy atom. The maximum atomic E-state index is 10.2. The van der Waals surface area contributed by atoms with Gasteiger partial charge in [-0.3, -0.25) is 4.79 Å². The zero-order valence-electron chi connectivity index (χ0n) is 8.03. The molecular weight excluding hydrogens is 166 g/mol. The molecule has 0 saturated carbocycles. The highest BCUT2D eigenvalue weighted by molar-refractivity contribution is 5.68. The molecule has 0 unspecified atom stereocenters. The first-order valence-corrected chi connectivity index (χ1v) is 4.07. The summed E-state index contributed by atoms with van der Waals surface area (Å²) in [5.41, 5.74) is 0.884. The molecule has 1 heterocycles. The Bertz CT molecular complexity index is 304. The largest absolute Gasteiger partial charge is 0.313 e. The van der Waals surface area contributed by atoms with E-state index in [0.717, 1.165) is 5.69 Å². The van der Waals surface area contributed by atoms with Crippen molar-refractivity contribution in [2.24, 2.45) is 0 Å². The molecule has 0 aliphatic carbocycles. The molecule has 0 fully saturated rings. The van der Waals surface area contributed by atoms with E-state index in [1.54, 1.807) is 6.07 Å². The van der Waals surface area contributed by atoms with Crippen LogP contribution >= 0.6 is 0 Å². The quantitative estimate of drug-likeness (QED) is 0.697. The average molecular weight is 179 g/mol. The van der Waals surface area contributed by atoms with Gasteiger partial charge in [0.2, 0.25) is 6.41 Å². The number of aromatic nitrogens is 2. The summed E-state index contributed by atoms with van der Waals surface area (Å²) in [6, 6.07) is 1.77. The lowest BCUT2D eigenvalue weighted by Crippen LogP contribution is -2.14. The zero-order chi connectivity index (χ0) is 9.90. The molecule has 0 aliphatic heterocycles. The predicted molar refractivity (Wildman–Crippen MR) is 50.4 cm³/mol. The van der Waals surface area contributed by atoms with Gasteiger partial charge < -0.3 is 5.32 Å². The van der Waals surface area contributed by atoms with Crippen LogP contribution in [0.15, 0.2) is 12.4 Å². The number of hydrogen-bond donors (Lipinski definition) is 1. The molecule has 4 nitrogen and oxygen atoms in total. The lowest BCUT2D eigenvalue weighted by molar-refractivity contribution is -0.105. The van der Waals surface area contributed by atoms with Crippen molar-refractivity contribution < 1.29 is 4.79 Å². The summed E-state index contributed by atoms with van der Waals surface area (Å²) in [6.45, 7) is 6.17. The summed E-state index contributed by atoms with van der Waals surface area (Å²) < 4.78 is 0. The van der Waals surface area contributed by atoms with E-state index in [1.807, 2.05) is 0 Å². The maximum absolute atomic E-state index is 10.2. The predicted octanol–water partition coefficient (Wildman–Crippen LogP) is 1.34. The Balaban J connectivity index is 2.98. The third-order valence-corrected chi connectivity index (χ3v) is 1.64. The van der Waals surface area contributed by atoms with Crippen LogP contribution in [0.1, 0.15) is 26.5 Å². The van der Waals surface area contributed by atoms with Crippen LogP contribution in [0.5, 0.6) is 0 Å². The molecule has 0 saturated heterocycles. The molecule has 0 bridgehead atoms. The number of hydrogen-bond acceptors (Lipinski definition) is 3. The van der Waals surface area contributed by atoms with E-state index < -0.39 is 0 Å². The van der Waals surface area contributed by atoms with Crippen molar-refractivity contribution in [1.29, 1.82) is 0 Å². The Morgan fingerprint density at radius 1 is 1.38 bits per heavy atom.